The van der Waals surface area contributed by atoms with Gasteiger partial charge in [0.05, 0.1) is 6.04 Å². The van der Waals surface area contributed by atoms with Gasteiger partial charge in [-0.05, 0) is 31.1 Å². The number of carbonyl (C=O) groups excluding carboxylic acids is 1. The number of aromatic amines is 1. The van der Waals surface area contributed by atoms with E-state index in [9.17, 15) is 9.59 Å². The fourth-order valence-corrected chi connectivity index (χ4v) is 2.89. The van der Waals surface area contributed by atoms with Crippen LogP contribution in [0.2, 0.25) is 0 Å². The molecular weight excluding hydrogens is 294 g/mol. The maximum absolute atomic E-state index is 12.4. The summed E-state index contributed by atoms with van der Waals surface area (Å²) < 4.78 is 4.55. The van der Waals surface area contributed by atoms with Crippen LogP contribution in [-0.4, -0.2) is 21.4 Å². The van der Waals surface area contributed by atoms with Crippen molar-refractivity contribution in [2.75, 3.05) is 0 Å². The summed E-state index contributed by atoms with van der Waals surface area (Å²) in [6.07, 6.45) is 3.32. The Hall–Kier alpha value is -1.30. The van der Waals surface area contributed by atoms with E-state index >= 15 is 0 Å². The van der Waals surface area contributed by atoms with Crippen LogP contribution in [0, 0.1) is 11.3 Å². The Labute approximate surface area is 128 Å². The highest BCUT2D eigenvalue weighted by Crippen LogP contribution is 2.33. The molecule has 0 aliphatic heterocycles. The van der Waals surface area contributed by atoms with Gasteiger partial charge in [-0.15, -0.1) is 11.6 Å². The zero-order chi connectivity index (χ0) is 15.6. The quantitative estimate of drug-likeness (QED) is 0.838. The second kappa shape index (κ2) is 6.22. The summed E-state index contributed by atoms with van der Waals surface area (Å²) in [6, 6.07) is -0.398. The number of H-pyrrole nitrogens is 1. The van der Waals surface area contributed by atoms with Gasteiger partial charge in [-0.2, -0.15) is 0 Å². The van der Waals surface area contributed by atoms with Crippen molar-refractivity contribution < 1.29 is 9.32 Å². The normalized spacial score (nSPS) is 24.6. The topological polar surface area (TPSA) is 88.0 Å². The lowest BCUT2D eigenvalue weighted by molar-refractivity contribution is -0.127. The van der Waals surface area contributed by atoms with Crippen LogP contribution >= 0.6 is 11.6 Å². The summed E-state index contributed by atoms with van der Waals surface area (Å²) in [5.41, 5.74) is -0.292. The van der Waals surface area contributed by atoms with E-state index in [4.69, 9.17) is 11.6 Å². The number of amides is 1. The third-order valence-electron chi connectivity index (χ3n) is 3.91. The number of carbonyl (C=O) groups is 1. The summed E-state index contributed by atoms with van der Waals surface area (Å²) >= 11 is 6.07. The van der Waals surface area contributed by atoms with Crippen LogP contribution in [-0.2, 0) is 4.79 Å². The zero-order valence-electron chi connectivity index (χ0n) is 12.6. The van der Waals surface area contributed by atoms with Crippen molar-refractivity contribution in [1.29, 1.82) is 0 Å². The molecule has 21 heavy (non-hydrogen) atoms. The first-order chi connectivity index (χ1) is 9.77. The highest BCUT2D eigenvalue weighted by atomic mass is 35.5. The SMILES string of the molecule is CC(C)(C)C(NC(=O)C1CCC(Cl)CC1)c1noc(=O)[nH]1. The Morgan fingerprint density at radius 1 is 1.38 bits per heavy atom. The van der Waals surface area contributed by atoms with E-state index in [1.54, 1.807) is 0 Å². The average Bonchev–Trinajstić information content (AvgIpc) is 2.81. The maximum Gasteiger partial charge on any atom is 0.438 e. The number of hydrogen-bond acceptors (Lipinski definition) is 4. The van der Waals surface area contributed by atoms with Gasteiger partial charge in [0.2, 0.25) is 5.91 Å². The first-order valence-electron chi connectivity index (χ1n) is 7.27. The van der Waals surface area contributed by atoms with E-state index in [2.05, 4.69) is 20.0 Å². The standard InChI is InChI=1S/C14H22ClN3O3/c1-14(2,3)10(11-17-13(20)21-18-11)16-12(19)8-4-6-9(15)7-5-8/h8-10H,4-7H2,1-3H3,(H,16,19)(H,17,18,20). The van der Waals surface area contributed by atoms with Crippen LogP contribution in [0.3, 0.4) is 0 Å². The van der Waals surface area contributed by atoms with E-state index in [-0.39, 0.29) is 22.6 Å². The van der Waals surface area contributed by atoms with Crippen molar-refractivity contribution in [3.8, 4) is 0 Å². The third-order valence-corrected chi connectivity index (χ3v) is 4.35. The molecule has 0 bridgehead atoms. The molecule has 6 nitrogen and oxygen atoms in total. The Kier molecular flexibility index (Phi) is 4.76. The van der Waals surface area contributed by atoms with Crippen molar-refractivity contribution in [3.63, 3.8) is 0 Å². The first-order valence-corrected chi connectivity index (χ1v) is 7.71. The molecule has 0 aromatic carbocycles. The van der Waals surface area contributed by atoms with Crippen LogP contribution in [0.5, 0.6) is 0 Å². The van der Waals surface area contributed by atoms with Crippen LogP contribution in [0.4, 0.5) is 0 Å². The number of hydrogen-bond donors (Lipinski definition) is 2. The number of nitrogens with one attached hydrogen (secondary N) is 2. The van der Waals surface area contributed by atoms with E-state index < -0.39 is 11.8 Å². The Morgan fingerprint density at radius 2 is 2.00 bits per heavy atom. The van der Waals surface area contributed by atoms with E-state index in [0.29, 0.717) is 5.82 Å². The van der Waals surface area contributed by atoms with Gasteiger partial charge in [0.1, 0.15) is 0 Å². The second-order valence-electron chi connectivity index (χ2n) is 6.74. The van der Waals surface area contributed by atoms with Gasteiger partial charge >= 0.3 is 5.76 Å². The number of rotatable bonds is 3. The highest BCUT2D eigenvalue weighted by molar-refractivity contribution is 6.20. The molecular formula is C14H22ClN3O3. The minimum atomic E-state index is -0.615. The molecule has 1 saturated carbocycles. The average molecular weight is 316 g/mol. The monoisotopic (exact) mass is 315 g/mol. The smallest absolute Gasteiger partial charge is 0.345 e. The molecule has 1 heterocycles. The molecule has 1 unspecified atom stereocenters. The molecule has 1 aromatic heterocycles. The predicted octanol–water partition coefficient (Wildman–Crippen LogP) is 2.36. The lowest BCUT2D eigenvalue weighted by Gasteiger charge is -2.32. The minimum absolute atomic E-state index is 0.0117. The molecule has 1 aromatic rings. The largest absolute Gasteiger partial charge is 0.438 e. The molecule has 0 saturated heterocycles. The van der Waals surface area contributed by atoms with Crippen LogP contribution < -0.4 is 11.1 Å². The van der Waals surface area contributed by atoms with Crippen LogP contribution in [0.25, 0.3) is 0 Å². The lowest BCUT2D eigenvalue weighted by atomic mass is 9.84. The highest BCUT2D eigenvalue weighted by Gasteiger charge is 2.34. The van der Waals surface area contributed by atoms with Crippen molar-refractivity contribution >= 4 is 17.5 Å². The number of alkyl halides is 1. The molecule has 0 radical (unpaired) electrons. The number of aromatic nitrogens is 2. The molecule has 0 spiro atoms. The van der Waals surface area contributed by atoms with E-state index in [0.717, 1.165) is 25.7 Å². The summed E-state index contributed by atoms with van der Waals surface area (Å²) in [6.45, 7) is 5.92. The lowest BCUT2D eigenvalue weighted by Crippen LogP contribution is -2.41. The molecule has 1 amide bonds. The summed E-state index contributed by atoms with van der Waals surface area (Å²) in [7, 11) is 0. The van der Waals surface area contributed by atoms with Crippen molar-refractivity contribution in [2.24, 2.45) is 11.3 Å². The molecule has 1 fully saturated rings. The van der Waals surface area contributed by atoms with Gasteiger partial charge in [-0.1, -0.05) is 25.9 Å². The number of nitrogens with zero attached hydrogens (tertiary/aromatic N) is 1. The van der Waals surface area contributed by atoms with Crippen molar-refractivity contribution in [1.82, 2.24) is 15.5 Å². The predicted molar refractivity (Wildman–Crippen MR) is 79.1 cm³/mol. The van der Waals surface area contributed by atoms with Crippen LogP contribution in [0.1, 0.15) is 58.3 Å². The van der Waals surface area contributed by atoms with Gasteiger partial charge in [0.15, 0.2) is 5.82 Å². The van der Waals surface area contributed by atoms with Crippen LogP contribution in [0.15, 0.2) is 9.32 Å². The van der Waals surface area contributed by atoms with E-state index in [1.807, 2.05) is 20.8 Å². The van der Waals surface area contributed by atoms with Crippen molar-refractivity contribution in [3.05, 3.63) is 16.4 Å². The minimum Gasteiger partial charge on any atom is -0.345 e. The van der Waals surface area contributed by atoms with Gasteiger partial charge in [-0.25, -0.2) is 4.79 Å². The van der Waals surface area contributed by atoms with Gasteiger partial charge in [0, 0.05) is 11.3 Å². The Morgan fingerprint density at radius 3 is 2.48 bits per heavy atom. The van der Waals surface area contributed by atoms with Gasteiger partial charge < -0.3 is 5.32 Å². The molecule has 2 N–H and O–H groups in total. The summed E-state index contributed by atoms with van der Waals surface area (Å²) in [5.74, 6) is -0.297. The third kappa shape index (κ3) is 4.09. The first kappa shape index (κ1) is 16.1. The van der Waals surface area contributed by atoms with E-state index in [1.165, 1.54) is 0 Å². The summed E-state index contributed by atoms with van der Waals surface area (Å²) in [5, 5.41) is 6.89. The fourth-order valence-electron chi connectivity index (χ4n) is 2.64. The maximum atomic E-state index is 12.4. The Bertz CT molecular complexity index is 538. The summed E-state index contributed by atoms with van der Waals surface area (Å²) in [4.78, 5) is 26.1. The molecule has 1 aliphatic rings. The fraction of sp³-hybridized carbons (Fsp3) is 0.786. The van der Waals surface area contributed by atoms with Gasteiger partial charge in [-0.3, -0.25) is 14.3 Å². The molecule has 118 valence electrons. The second-order valence-corrected chi connectivity index (χ2v) is 7.35. The Balaban J connectivity index is 2.09. The number of halogens is 1. The van der Waals surface area contributed by atoms with Crippen molar-refractivity contribution in [2.45, 2.75) is 57.9 Å². The molecule has 7 heteroatoms. The molecule has 1 aliphatic carbocycles. The molecule has 2 rings (SSSR count). The molecule has 1 atom stereocenters. The zero-order valence-corrected chi connectivity index (χ0v) is 13.4. The van der Waals surface area contributed by atoms with Gasteiger partial charge in [0.25, 0.3) is 0 Å².